The molecule has 0 amide bonds. The van der Waals surface area contributed by atoms with E-state index >= 15 is 0 Å². The summed E-state index contributed by atoms with van der Waals surface area (Å²) in [7, 11) is 0. The Morgan fingerprint density at radius 3 is 2.57 bits per heavy atom. The minimum atomic E-state index is -0.526. The Hall–Kier alpha value is -1.56. The smallest absolute Gasteiger partial charge is 0.311 e. The molecule has 0 bridgehead atoms. The molecular formula is C13H10Cl3N3O2. The molecule has 1 aromatic carbocycles. The van der Waals surface area contributed by atoms with E-state index in [-0.39, 0.29) is 22.7 Å². The van der Waals surface area contributed by atoms with Gasteiger partial charge < -0.3 is 5.32 Å². The summed E-state index contributed by atoms with van der Waals surface area (Å²) in [6.45, 7) is 1.81. The van der Waals surface area contributed by atoms with E-state index in [1.54, 1.807) is 25.1 Å². The second-order valence-electron chi connectivity index (χ2n) is 4.29. The molecule has 110 valence electrons. The van der Waals surface area contributed by atoms with Crippen LogP contribution in [0.2, 0.25) is 15.2 Å². The summed E-state index contributed by atoms with van der Waals surface area (Å²) in [4.78, 5) is 14.4. The van der Waals surface area contributed by atoms with Gasteiger partial charge in [0.1, 0.15) is 5.15 Å². The van der Waals surface area contributed by atoms with Crippen LogP contribution in [0.25, 0.3) is 0 Å². The molecule has 0 radical (unpaired) electrons. The number of hydrogen-bond acceptors (Lipinski definition) is 4. The van der Waals surface area contributed by atoms with Gasteiger partial charge in [0, 0.05) is 16.1 Å². The largest absolute Gasteiger partial charge is 0.358 e. The second-order valence-corrected chi connectivity index (χ2v) is 5.52. The third-order valence-electron chi connectivity index (χ3n) is 2.82. The van der Waals surface area contributed by atoms with Crippen LogP contribution in [0.3, 0.4) is 0 Å². The van der Waals surface area contributed by atoms with Crippen molar-refractivity contribution in [3.05, 3.63) is 61.2 Å². The van der Waals surface area contributed by atoms with Gasteiger partial charge >= 0.3 is 5.69 Å². The van der Waals surface area contributed by atoms with Gasteiger partial charge in [0.2, 0.25) is 5.82 Å². The number of halogens is 3. The predicted molar refractivity (Wildman–Crippen MR) is 84.4 cm³/mol. The zero-order valence-corrected chi connectivity index (χ0v) is 13.1. The van der Waals surface area contributed by atoms with E-state index in [0.717, 1.165) is 5.56 Å². The van der Waals surface area contributed by atoms with E-state index in [0.29, 0.717) is 10.0 Å². The van der Waals surface area contributed by atoms with Crippen molar-refractivity contribution in [2.45, 2.75) is 13.0 Å². The standard InChI is InChI=1S/C13H10Cl3N3O2/c1-7(9-3-2-8(14)6-10(9)15)17-13-11(19(20)21)4-5-12(16)18-13/h2-7H,1H3,(H,17,18). The van der Waals surface area contributed by atoms with Crippen LogP contribution >= 0.6 is 34.8 Å². The SMILES string of the molecule is CC(Nc1nc(Cl)ccc1[N+](=O)[O-])c1ccc(Cl)cc1Cl. The Labute approximate surface area is 136 Å². The number of nitro groups is 1. The Kier molecular flexibility index (Phi) is 4.88. The van der Waals surface area contributed by atoms with E-state index in [4.69, 9.17) is 34.8 Å². The van der Waals surface area contributed by atoms with Crippen molar-refractivity contribution in [3.8, 4) is 0 Å². The van der Waals surface area contributed by atoms with Gasteiger partial charge in [-0.1, -0.05) is 40.9 Å². The number of nitrogens with one attached hydrogen (secondary N) is 1. The predicted octanol–water partition coefficient (Wildman–Crippen LogP) is 5.12. The van der Waals surface area contributed by atoms with Crippen molar-refractivity contribution in [1.29, 1.82) is 0 Å². The number of benzene rings is 1. The molecule has 2 aromatic rings. The quantitative estimate of drug-likeness (QED) is 0.474. The lowest BCUT2D eigenvalue weighted by Gasteiger charge is -2.16. The molecule has 21 heavy (non-hydrogen) atoms. The highest BCUT2D eigenvalue weighted by Gasteiger charge is 2.19. The Morgan fingerprint density at radius 2 is 1.95 bits per heavy atom. The average Bonchev–Trinajstić information content (AvgIpc) is 2.37. The van der Waals surface area contributed by atoms with Gasteiger partial charge in [-0.3, -0.25) is 10.1 Å². The van der Waals surface area contributed by atoms with Crippen LogP contribution in [0.5, 0.6) is 0 Å². The van der Waals surface area contributed by atoms with Crippen LogP contribution in [0, 0.1) is 10.1 Å². The maximum absolute atomic E-state index is 11.0. The van der Waals surface area contributed by atoms with E-state index in [2.05, 4.69) is 10.3 Å². The number of anilines is 1. The summed E-state index contributed by atoms with van der Waals surface area (Å²) in [6, 6.07) is 7.41. The van der Waals surface area contributed by atoms with Crippen LogP contribution in [0.15, 0.2) is 30.3 Å². The molecule has 0 spiro atoms. The Balaban J connectivity index is 2.33. The molecule has 8 heteroatoms. The number of hydrogen-bond donors (Lipinski definition) is 1. The van der Waals surface area contributed by atoms with Crippen LogP contribution in [0.1, 0.15) is 18.5 Å². The van der Waals surface area contributed by atoms with E-state index < -0.39 is 4.92 Å². The molecule has 1 aromatic heterocycles. The maximum atomic E-state index is 11.0. The number of rotatable bonds is 4. The second kappa shape index (κ2) is 6.47. The summed E-state index contributed by atoms with van der Waals surface area (Å²) in [5.74, 6) is 0.0889. The summed E-state index contributed by atoms with van der Waals surface area (Å²) >= 11 is 17.8. The van der Waals surface area contributed by atoms with Crippen LogP contribution in [-0.2, 0) is 0 Å². The van der Waals surface area contributed by atoms with Gasteiger partial charge in [0.25, 0.3) is 0 Å². The van der Waals surface area contributed by atoms with Crippen molar-refractivity contribution in [2.24, 2.45) is 0 Å². The lowest BCUT2D eigenvalue weighted by Crippen LogP contribution is -2.10. The van der Waals surface area contributed by atoms with Gasteiger partial charge in [-0.25, -0.2) is 4.98 Å². The first-order valence-electron chi connectivity index (χ1n) is 5.91. The van der Waals surface area contributed by atoms with Crippen molar-refractivity contribution < 1.29 is 4.92 Å². The number of pyridine rings is 1. The van der Waals surface area contributed by atoms with Crippen molar-refractivity contribution in [2.75, 3.05) is 5.32 Å². The Bertz CT molecular complexity index is 694. The van der Waals surface area contributed by atoms with Gasteiger partial charge in [0.15, 0.2) is 0 Å². The van der Waals surface area contributed by atoms with Gasteiger partial charge in [-0.2, -0.15) is 0 Å². The highest BCUT2D eigenvalue weighted by molar-refractivity contribution is 6.35. The average molecular weight is 347 g/mol. The molecule has 0 aliphatic heterocycles. The third-order valence-corrected chi connectivity index (χ3v) is 3.59. The molecule has 1 atom stereocenters. The molecule has 1 unspecified atom stereocenters. The molecule has 1 heterocycles. The molecule has 0 saturated carbocycles. The summed E-state index contributed by atoms with van der Waals surface area (Å²) in [5.41, 5.74) is 0.591. The number of aromatic nitrogens is 1. The zero-order valence-electron chi connectivity index (χ0n) is 10.8. The molecular weight excluding hydrogens is 337 g/mol. The molecule has 2 rings (SSSR count). The van der Waals surface area contributed by atoms with Crippen molar-refractivity contribution in [3.63, 3.8) is 0 Å². The fourth-order valence-corrected chi connectivity index (χ4v) is 2.54. The minimum absolute atomic E-state index is 0.0889. The minimum Gasteiger partial charge on any atom is -0.358 e. The molecule has 5 nitrogen and oxygen atoms in total. The van der Waals surface area contributed by atoms with E-state index in [1.807, 2.05) is 0 Å². The first-order valence-corrected chi connectivity index (χ1v) is 7.04. The third kappa shape index (κ3) is 3.75. The fraction of sp³-hybridized carbons (Fsp3) is 0.154. The van der Waals surface area contributed by atoms with Gasteiger partial charge in [0.05, 0.1) is 11.0 Å². The highest BCUT2D eigenvalue weighted by atomic mass is 35.5. The van der Waals surface area contributed by atoms with E-state index in [9.17, 15) is 10.1 Å². The first kappa shape index (κ1) is 15.8. The lowest BCUT2D eigenvalue weighted by molar-refractivity contribution is -0.384. The lowest BCUT2D eigenvalue weighted by atomic mass is 10.1. The fourth-order valence-electron chi connectivity index (χ4n) is 1.82. The maximum Gasteiger partial charge on any atom is 0.311 e. The highest BCUT2D eigenvalue weighted by Crippen LogP contribution is 2.31. The Morgan fingerprint density at radius 1 is 1.24 bits per heavy atom. The van der Waals surface area contributed by atoms with Crippen molar-refractivity contribution >= 4 is 46.3 Å². The van der Waals surface area contributed by atoms with Crippen molar-refractivity contribution in [1.82, 2.24) is 4.98 Å². The molecule has 0 saturated heterocycles. The van der Waals surface area contributed by atoms with Crippen LogP contribution in [-0.4, -0.2) is 9.91 Å². The zero-order chi connectivity index (χ0) is 15.6. The monoisotopic (exact) mass is 345 g/mol. The van der Waals surface area contributed by atoms with Gasteiger partial charge in [-0.05, 0) is 30.7 Å². The molecule has 1 N–H and O–H groups in total. The summed E-state index contributed by atoms with van der Waals surface area (Å²) in [5, 5.41) is 15.1. The summed E-state index contributed by atoms with van der Waals surface area (Å²) in [6.07, 6.45) is 0. The van der Waals surface area contributed by atoms with Crippen LogP contribution < -0.4 is 5.32 Å². The van der Waals surface area contributed by atoms with E-state index in [1.165, 1.54) is 12.1 Å². The first-order chi connectivity index (χ1) is 9.88. The van der Waals surface area contributed by atoms with Gasteiger partial charge in [-0.15, -0.1) is 0 Å². The number of nitrogens with zero attached hydrogens (tertiary/aromatic N) is 2. The normalized spacial score (nSPS) is 12.0. The topological polar surface area (TPSA) is 68.1 Å². The summed E-state index contributed by atoms with van der Waals surface area (Å²) < 4.78 is 0. The molecule has 0 fully saturated rings. The van der Waals surface area contributed by atoms with Crippen LogP contribution in [0.4, 0.5) is 11.5 Å². The molecule has 0 aliphatic carbocycles. The molecule has 0 aliphatic rings.